The minimum absolute atomic E-state index is 0.285. The van der Waals surface area contributed by atoms with Crippen LogP contribution in [0.4, 0.5) is 11.6 Å². The Morgan fingerprint density at radius 3 is 2.57 bits per heavy atom. The van der Waals surface area contributed by atoms with Crippen LogP contribution in [0.3, 0.4) is 0 Å². The van der Waals surface area contributed by atoms with Crippen molar-refractivity contribution in [2.24, 2.45) is 0 Å². The van der Waals surface area contributed by atoms with Gasteiger partial charge in [-0.3, -0.25) is 4.79 Å². The molecule has 0 atom stereocenters. The minimum Gasteiger partial charge on any atom is -0.356 e. The maximum atomic E-state index is 12.3. The Bertz CT molecular complexity index is 717. The van der Waals surface area contributed by atoms with Gasteiger partial charge in [0.25, 0.3) is 5.91 Å². The van der Waals surface area contributed by atoms with E-state index in [2.05, 4.69) is 20.2 Å². The number of hydrogen-bond acceptors (Lipinski definition) is 4. The lowest BCUT2D eigenvalue weighted by Crippen LogP contribution is -2.30. The summed E-state index contributed by atoms with van der Waals surface area (Å²) in [7, 11) is 0. The second-order valence-electron chi connectivity index (χ2n) is 5.39. The molecule has 23 heavy (non-hydrogen) atoms. The first-order valence-electron chi connectivity index (χ1n) is 7.47. The third-order valence-corrected chi connectivity index (χ3v) is 4.50. The number of carbonyl (C=O) groups excluding carboxylic acids is 1. The minimum atomic E-state index is -0.285. The third-order valence-electron chi connectivity index (χ3n) is 3.76. The molecule has 120 valence electrons. The van der Waals surface area contributed by atoms with Gasteiger partial charge < -0.3 is 10.2 Å². The molecule has 1 amide bonds. The first kappa shape index (κ1) is 16.0. The number of anilines is 2. The van der Waals surface area contributed by atoms with Gasteiger partial charge in [-0.15, -0.1) is 0 Å². The van der Waals surface area contributed by atoms with Crippen molar-refractivity contribution in [3.8, 4) is 0 Å². The number of halogens is 2. The van der Waals surface area contributed by atoms with Crippen molar-refractivity contribution in [3.05, 3.63) is 46.2 Å². The highest BCUT2D eigenvalue weighted by Crippen LogP contribution is 2.23. The van der Waals surface area contributed by atoms with Crippen LogP contribution in [0.5, 0.6) is 0 Å². The fourth-order valence-corrected chi connectivity index (χ4v) is 2.84. The molecule has 0 bridgehead atoms. The van der Waals surface area contributed by atoms with Gasteiger partial charge in [0.2, 0.25) is 0 Å². The Morgan fingerprint density at radius 1 is 1.04 bits per heavy atom. The molecule has 1 aromatic heterocycles. The van der Waals surface area contributed by atoms with Crippen molar-refractivity contribution in [1.82, 2.24) is 9.97 Å². The highest BCUT2D eigenvalue weighted by Gasteiger charge is 2.14. The van der Waals surface area contributed by atoms with Crippen LogP contribution in [0.1, 0.15) is 29.6 Å². The summed E-state index contributed by atoms with van der Waals surface area (Å²) in [6, 6.07) is 6.54. The standard InChI is InChI=1S/C16H16Cl2N4O/c17-12-5-4-11(8-13(12)18)16(23)21-14-9-15(20-10-19-14)22-6-2-1-3-7-22/h4-5,8-10H,1-3,6-7H2,(H,19,20,21,23). The zero-order chi connectivity index (χ0) is 16.2. The fourth-order valence-electron chi connectivity index (χ4n) is 2.54. The van der Waals surface area contributed by atoms with Gasteiger partial charge in [0.15, 0.2) is 0 Å². The van der Waals surface area contributed by atoms with Crippen LogP contribution in [-0.2, 0) is 0 Å². The van der Waals surface area contributed by atoms with Crippen LogP contribution < -0.4 is 10.2 Å². The Labute approximate surface area is 144 Å². The summed E-state index contributed by atoms with van der Waals surface area (Å²) in [6.07, 6.45) is 5.04. The van der Waals surface area contributed by atoms with E-state index in [4.69, 9.17) is 23.2 Å². The monoisotopic (exact) mass is 350 g/mol. The fraction of sp³-hybridized carbons (Fsp3) is 0.312. The van der Waals surface area contributed by atoms with E-state index >= 15 is 0 Å². The Hall–Kier alpha value is -1.85. The predicted molar refractivity (Wildman–Crippen MR) is 92.5 cm³/mol. The van der Waals surface area contributed by atoms with Crippen molar-refractivity contribution in [2.45, 2.75) is 19.3 Å². The highest BCUT2D eigenvalue weighted by atomic mass is 35.5. The molecule has 0 unspecified atom stereocenters. The number of hydrogen-bond donors (Lipinski definition) is 1. The first-order valence-corrected chi connectivity index (χ1v) is 8.22. The molecule has 1 N–H and O–H groups in total. The quantitative estimate of drug-likeness (QED) is 0.907. The number of aromatic nitrogens is 2. The number of benzene rings is 1. The van der Waals surface area contributed by atoms with Gasteiger partial charge in [-0.1, -0.05) is 23.2 Å². The molecule has 0 radical (unpaired) electrons. The van der Waals surface area contributed by atoms with Crippen LogP contribution in [0.15, 0.2) is 30.6 Å². The topological polar surface area (TPSA) is 58.1 Å². The lowest BCUT2D eigenvalue weighted by Gasteiger charge is -2.27. The summed E-state index contributed by atoms with van der Waals surface area (Å²) in [4.78, 5) is 22.9. The maximum Gasteiger partial charge on any atom is 0.256 e. The lowest BCUT2D eigenvalue weighted by atomic mass is 10.1. The van der Waals surface area contributed by atoms with E-state index in [9.17, 15) is 4.79 Å². The third kappa shape index (κ3) is 3.92. The van der Waals surface area contributed by atoms with E-state index in [1.807, 2.05) is 0 Å². The normalized spacial score (nSPS) is 14.6. The molecule has 0 saturated carbocycles. The molecule has 1 fully saturated rings. The second-order valence-corrected chi connectivity index (χ2v) is 6.21. The number of carbonyl (C=O) groups is 1. The molecule has 2 aromatic rings. The van der Waals surface area contributed by atoms with Crippen LogP contribution >= 0.6 is 23.2 Å². The molecule has 1 aromatic carbocycles. The number of nitrogens with one attached hydrogen (secondary N) is 1. The number of amides is 1. The first-order chi connectivity index (χ1) is 11.1. The van der Waals surface area contributed by atoms with Crippen molar-refractivity contribution >= 4 is 40.7 Å². The summed E-state index contributed by atoms with van der Waals surface area (Å²) in [5, 5.41) is 3.52. The highest BCUT2D eigenvalue weighted by molar-refractivity contribution is 6.42. The molecule has 1 aliphatic heterocycles. The van der Waals surface area contributed by atoms with Gasteiger partial charge in [-0.05, 0) is 37.5 Å². The average molecular weight is 351 g/mol. The zero-order valence-corrected chi connectivity index (χ0v) is 13.9. The number of rotatable bonds is 3. The molecule has 5 nitrogen and oxygen atoms in total. The van der Waals surface area contributed by atoms with Crippen LogP contribution in [-0.4, -0.2) is 29.0 Å². The second kappa shape index (κ2) is 7.15. The zero-order valence-electron chi connectivity index (χ0n) is 12.4. The van der Waals surface area contributed by atoms with E-state index in [0.29, 0.717) is 21.4 Å². The molecule has 7 heteroatoms. The maximum absolute atomic E-state index is 12.3. The van der Waals surface area contributed by atoms with E-state index in [1.54, 1.807) is 18.2 Å². The smallest absolute Gasteiger partial charge is 0.256 e. The summed E-state index contributed by atoms with van der Waals surface area (Å²) in [6.45, 7) is 1.97. The lowest BCUT2D eigenvalue weighted by molar-refractivity contribution is 0.102. The van der Waals surface area contributed by atoms with E-state index < -0.39 is 0 Å². The predicted octanol–water partition coefficient (Wildman–Crippen LogP) is 4.03. The van der Waals surface area contributed by atoms with Crippen molar-refractivity contribution in [1.29, 1.82) is 0 Å². The molecular formula is C16H16Cl2N4O. The molecule has 0 spiro atoms. The number of nitrogens with zero attached hydrogens (tertiary/aromatic N) is 3. The van der Waals surface area contributed by atoms with Crippen LogP contribution in [0, 0.1) is 0 Å². The van der Waals surface area contributed by atoms with E-state index in [-0.39, 0.29) is 5.91 Å². The van der Waals surface area contributed by atoms with E-state index in [0.717, 1.165) is 31.7 Å². The largest absolute Gasteiger partial charge is 0.356 e. The SMILES string of the molecule is O=C(Nc1cc(N2CCCCC2)ncn1)c1ccc(Cl)c(Cl)c1. The average Bonchev–Trinajstić information content (AvgIpc) is 2.58. The van der Waals surface area contributed by atoms with Gasteiger partial charge in [0.1, 0.15) is 18.0 Å². The van der Waals surface area contributed by atoms with Crippen LogP contribution in [0.25, 0.3) is 0 Å². The van der Waals surface area contributed by atoms with Crippen LogP contribution in [0.2, 0.25) is 10.0 Å². The van der Waals surface area contributed by atoms with Gasteiger partial charge in [-0.25, -0.2) is 9.97 Å². The van der Waals surface area contributed by atoms with Gasteiger partial charge in [0.05, 0.1) is 10.0 Å². The molecule has 2 heterocycles. The molecule has 1 saturated heterocycles. The Balaban J connectivity index is 1.74. The Morgan fingerprint density at radius 2 is 1.83 bits per heavy atom. The van der Waals surface area contributed by atoms with Gasteiger partial charge in [-0.2, -0.15) is 0 Å². The van der Waals surface area contributed by atoms with E-state index in [1.165, 1.54) is 18.8 Å². The summed E-state index contributed by atoms with van der Waals surface area (Å²) in [5.74, 6) is 1.02. The molecular weight excluding hydrogens is 335 g/mol. The van der Waals surface area contributed by atoms with Gasteiger partial charge >= 0.3 is 0 Å². The summed E-state index contributed by atoms with van der Waals surface area (Å²) >= 11 is 11.8. The molecule has 0 aliphatic carbocycles. The van der Waals surface area contributed by atoms with Gasteiger partial charge in [0, 0.05) is 24.7 Å². The van der Waals surface area contributed by atoms with Crippen molar-refractivity contribution in [2.75, 3.05) is 23.3 Å². The number of piperidine rings is 1. The summed E-state index contributed by atoms with van der Waals surface area (Å²) in [5.41, 5.74) is 0.428. The van der Waals surface area contributed by atoms with Crippen molar-refractivity contribution in [3.63, 3.8) is 0 Å². The molecule has 3 rings (SSSR count). The van der Waals surface area contributed by atoms with Crippen molar-refractivity contribution < 1.29 is 4.79 Å². The summed E-state index contributed by atoms with van der Waals surface area (Å²) < 4.78 is 0. The molecule has 1 aliphatic rings. The Kier molecular flexibility index (Phi) is 4.98.